The Hall–Kier alpha value is -1.56. The molecule has 0 saturated carbocycles. The zero-order valence-corrected chi connectivity index (χ0v) is 13.5. The molecule has 0 saturated heterocycles. The number of amides is 1. The number of anilines is 1. The van der Waals surface area contributed by atoms with E-state index in [9.17, 15) is 4.79 Å². The van der Waals surface area contributed by atoms with Crippen molar-refractivity contribution >= 4 is 56.5 Å². The number of benzene rings is 2. The molecule has 0 aliphatic carbocycles. The Morgan fingerprint density at radius 2 is 2.14 bits per heavy atom. The molecule has 0 aliphatic rings. The van der Waals surface area contributed by atoms with E-state index in [1.54, 1.807) is 47.4 Å². The molecule has 0 spiro atoms. The number of carbonyl (C=O) groups is 1. The van der Waals surface area contributed by atoms with Crippen LogP contribution in [0.15, 0.2) is 46.8 Å². The minimum absolute atomic E-state index is 0.175. The first-order valence-electron chi connectivity index (χ1n) is 6.17. The molecule has 0 fully saturated rings. The van der Waals surface area contributed by atoms with Crippen LogP contribution < -0.4 is 5.32 Å². The van der Waals surface area contributed by atoms with Crippen LogP contribution in [0.2, 0.25) is 5.02 Å². The number of thiazole rings is 1. The average molecular weight is 335 g/mol. The third-order valence-electron chi connectivity index (χ3n) is 2.89. The van der Waals surface area contributed by atoms with Gasteiger partial charge in [-0.1, -0.05) is 29.4 Å². The molecule has 1 amide bonds. The molecule has 1 aromatic heterocycles. The van der Waals surface area contributed by atoms with E-state index in [1.807, 2.05) is 24.5 Å². The molecule has 0 bridgehead atoms. The molecule has 1 N–H and O–H groups in total. The summed E-state index contributed by atoms with van der Waals surface area (Å²) in [6.07, 6.45) is 2.00. The lowest BCUT2D eigenvalue weighted by Crippen LogP contribution is -2.11. The topological polar surface area (TPSA) is 42.0 Å². The second kappa shape index (κ2) is 6.05. The molecule has 1 heterocycles. The summed E-state index contributed by atoms with van der Waals surface area (Å²) in [6.45, 7) is 0. The van der Waals surface area contributed by atoms with Gasteiger partial charge in [0.15, 0.2) is 4.34 Å². The second-order valence-electron chi connectivity index (χ2n) is 4.33. The standard InChI is InChI=1S/C15H11ClN2OS2/c1-20-15-18-12-6-5-11(8-13(12)21-15)17-14(19)9-3-2-4-10(16)7-9/h2-8H,1H3,(H,17,19). The van der Waals surface area contributed by atoms with Gasteiger partial charge in [-0.15, -0.1) is 11.3 Å². The number of rotatable bonds is 3. The third kappa shape index (κ3) is 3.20. The van der Waals surface area contributed by atoms with Crippen LogP contribution in [-0.4, -0.2) is 17.1 Å². The van der Waals surface area contributed by atoms with Crippen molar-refractivity contribution in [3.8, 4) is 0 Å². The van der Waals surface area contributed by atoms with Crippen LogP contribution in [-0.2, 0) is 0 Å². The SMILES string of the molecule is CSc1nc2ccc(NC(=O)c3cccc(Cl)c3)cc2s1. The fraction of sp³-hybridized carbons (Fsp3) is 0.0667. The average Bonchev–Trinajstić information content (AvgIpc) is 2.89. The van der Waals surface area contributed by atoms with Crippen LogP contribution in [0.4, 0.5) is 5.69 Å². The zero-order valence-electron chi connectivity index (χ0n) is 11.1. The van der Waals surface area contributed by atoms with Crippen LogP contribution >= 0.6 is 34.7 Å². The van der Waals surface area contributed by atoms with Gasteiger partial charge in [-0.2, -0.15) is 0 Å². The van der Waals surface area contributed by atoms with Crippen molar-refractivity contribution in [1.82, 2.24) is 4.98 Å². The van der Waals surface area contributed by atoms with Crippen LogP contribution in [0.3, 0.4) is 0 Å². The Balaban J connectivity index is 1.85. The summed E-state index contributed by atoms with van der Waals surface area (Å²) in [4.78, 5) is 16.7. The van der Waals surface area contributed by atoms with E-state index in [2.05, 4.69) is 10.3 Å². The second-order valence-corrected chi connectivity index (χ2v) is 6.85. The van der Waals surface area contributed by atoms with E-state index in [1.165, 1.54) is 0 Å². The Morgan fingerprint density at radius 1 is 1.29 bits per heavy atom. The molecule has 0 aliphatic heterocycles. The maximum atomic E-state index is 12.2. The molecular weight excluding hydrogens is 324 g/mol. The molecule has 2 aromatic carbocycles. The minimum atomic E-state index is -0.175. The quantitative estimate of drug-likeness (QED) is 0.691. The van der Waals surface area contributed by atoms with Gasteiger partial charge in [0, 0.05) is 16.3 Å². The largest absolute Gasteiger partial charge is 0.322 e. The number of carbonyl (C=O) groups excluding carboxylic acids is 1. The zero-order chi connectivity index (χ0) is 14.8. The predicted octanol–water partition coefficient (Wildman–Crippen LogP) is 4.92. The van der Waals surface area contributed by atoms with Crippen molar-refractivity contribution in [2.24, 2.45) is 0 Å². The third-order valence-corrected chi connectivity index (χ3v) is 5.13. The molecule has 6 heteroatoms. The number of nitrogens with zero attached hydrogens (tertiary/aromatic N) is 1. The summed E-state index contributed by atoms with van der Waals surface area (Å²) in [5, 5.41) is 3.43. The molecule has 3 nitrogen and oxygen atoms in total. The van der Waals surface area contributed by atoms with Crippen LogP contribution in [0, 0.1) is 0 Å². The molecule has 0 unspecified atom stereocenters. The van der Waals surface area contributed by atoms with Crippen LogP contribution in [0.25, 0.3) is 10.2 Å². The number of fused-ring (bicyclic) bond motifs is 1. The van der Waals surface area contributed by atoms with Crippen molar-refractivity contribution in [3.05, 3.63) is 53.1 Å². The fourth-order valence-corrected chi connectivity index (χ4v) is 3.62. The highest BCUT2D eigenvalue weighted by atomic mass is 35.5. The Bertz CT molecular complexity index is 816. The Morgan fingerprint density at radius 3 is 2.90 bits per heavy atom. The van der Waals surface area contributed by atoms with Gasteiger partial charge < -0.3 is 5.32 Å². The van der Waals surface area contributed by atoms with Crippen molar-refractivity contribution in [3.63, 3.8) is 0 Å². The van der Waals surface area contributed by atoms with Gasteiger partial charge in [-0.3, -0.25) is 4.79 Å². The number of halogens is 1. The van der Waals surface area contributed by atoms with Gasteiger partial charge in [0.05, 0.1) is 10.2 Å². The van der Waals surface area contributed by atoms with Crippen molar-refractivity contribution in [1.29, 1.82) is 0 Å². The molecule has 3 aromatic rings. The van der Waals surface area contributed by atoms with E-state index < -0.39 is 0 Å². The van der Waals surface area contributed by atoms with Gasteiger partial charge >= 0.3 is 0 Å². The highest BCUT2D eigenvalue weighted by molar-refractivity contribution is 8.00. The first-order chi connectivity index (χ1) is 10.2. The van der Waals surface area contributed by atoms with E-state index >= 15 is 0 Å². The highest BCUT2D eigenvalue weighted by Gasteiger charge is 2.08. The highest BCUT2D eigenvalue weighted by Crippen LogP contribution is 2.30. The van der Waals surface area contributed by atoms with Crippen molar-refractivity contribution < 1.29 is 4.79 Å². The number of hydrogen-bond acceptors (Lipinski definition) is 4. The number of aromatic nitrogens is 1. The Kier molecular flexibility index (Phi) is 4.14. The maximum Gasteiger partial charge on any atom is 0.255 e. The van der Waals surface area contributed by atoms with Gasteiger partial charge in [0.1, 0.15) is 0 Å². The van der Waals surface area contributed by atoms with Gasteiger partial charge in [-0.05, 0) is 42.7 Å². The van der Waals surface area contributed by atoms with Gasteiger partial charge in [0.2, 0.25) is 0 Å². The van der Waals surface area contributed by atoms with E-state index in [4.69, 9.17) is 11.6 Å². The van der Waals surface area contributed by atoms with E-state index in [0.29, 0.717) is 10.6 Å². The summed E-state index contributed by atoms with van der Waals surface area (Å²) in [6, 6.07) is 12.6. The van der Waals surface area contributed by atoms with E-state index in [0.717, 1.165) is 20.2 Å². The minimum Gasteiger partial charge on any atom is -0.322 e. The first kappa shape index (κ1) is 14.4. The fourth-order valence-electron chi connectivity index (χ4n) is 1.90. The van der Waals surface area contributed by atoms with Gasteiger partial charge in [-0.25, -0.2) is 4.98 Å². The smallest absolute Gasteiger partial charge is 0.255 e. The molecular formula is C15H11ClN2OS2. The predicted molar refractivity (Wildman–Crippen MR) is 90.8 cm³/mol. The molecule has 0 radical (unpaired) electrons. The summed E-state index contributed by atoms with van der Waals surface area (Å²) < 4.78 is 2.08. The lowest BCUT2D eigenvalue weighted by molar-refractivity contribution is 0.102. The number of nitrogens with one attached hydrogen (secondary N) is 1. The van der Waals surface area contributed by atoms with E-state index in [-0.39, 0.29) is 5.91 Å². The van der Waals surface area contributed by atoms with Crippen LogP contribution in [0.5, 0.6) is 0 Å². The summed E-state index contributed by atoms with van der Waals surface area (Å²) in [5.41, 5.74) is 2.24. The molecule has 21 heavy (non-hydrogen) atoms. The lowest BCUT2D eigenvalue weighted by atomic mass is 10.2. The summed E-state index contributed by atoms with van der Waals surface area (Å²) in [5.74, 6) is -0.175. The Labute approximate surface area is 135 Å². The number of thioether (sulfide) groups is 1. The molecule has 3 rings (SSSR count). The van der Waals surface area contributed by atoms with Crippen molar-refractivity contribution in [2.75, 3.05) is 11.6 Å². The molecule has 106 valence electrons. The summed E-state index contributed by atoms with van der Waals surface area (Å²) >= 11 is 9.13. The summed E-state index contributed by atoms with van der Waals surface area (Å²) in [7, 11) is 0. The normalized spacial score (nSPS) is 10.8. The molecule has 0 atom stereocenters. The first-order valence-corrected chi connectivity index (χ1v) is 8.59. The van der Waals surface area contributed by atoms with Crippen LogP contribution in [0.1, 0.15) is 10.4 Å². The monoisotopic (exact) mass is 334 g/mol. The maximum absolute atomic E-state index is 12.2. The van der Waals surface area contributed by atoms with Crippen molar-refractivity contribution in [2.45, 2.75) is 4.34 Å². The number of hydrogen-bond donors (Lipinski definition) is 1. The lowest BCUT2D eigenvalue weighted by Gasteiger charge is -2.05. The van der Waals surface area contributed by atoms with Gasteiger partial charge in [0.25, 0.3) is 5.91 Å².